The molecule has 5 N–H and O–H groups in total. The van der Waals surface area contributed by atoms with Gasteiger partial charge in [-0.15, -0.1) is 0 Å². The van der Waals surface area contributed by atoms with Crippen LogP contribution in [-0.4, -0.2) is 103 Å². The molecule has 3 aromatic carbocycles. The number of likely N-dealkylation sites (tertiary alicyclic amines) is 2. The number of benzene rings is 3. The van der Waals surface area contributed by atoms with Crippen LogP contribution in [0, 0.1) is 23.7 Å². The van der Waals surface area contributed by atoms with Crippen LogP contribution in [0.5, 0.6) is 0 Å². The summed E-state index contributed by atoms with van der Waals surface area (Å²) in [5.74, 6) is 7.35. The lowest BCUT2D eigenvalue weighted by atomic mass is 9.90. The molecule has 0 aliphatic carbocycles. The number of hydrogen-bond acceptors (Lipinski definition) is 8. The molecule has 3 aliphatic rings. The summed E-state index contributed by atoms with van der Waals surface area (Å²) >= 11 is 0. The smallest absolute Gasteiger partial charge is 0.407 e. The quantitative estimate of drug-likeness (QED) is 0.108. The first-order valence-electron chi connectivity index (χ1n) is 20.9. The second-order valence-electron chi connectivity index (χ2n) is 16.7. The van der Waals surface area contributed by atoms with Gasteiger partial charge in [0.15, 0.2) is 0 Å². The molecule has 60 heavy (non-hydrogen) atoms. The maximum atomic E-state index is 14.3. The van der Waals surface area contributed by atoms with Crippen molar-refractivity contribution in [3.8, 4) is 11.8 Å². The second kappa shape index (κ2) is 16.8. The highest BCUT2D eigenvalue weighted by molar-refractivity contribution is 6.04. The Morgan fingerprint density at radius 2 is 1.43 bits per heavy atom. The minimum absolute atomic E-state index is 0.0318. The van der Waals surface area contributed by atoms with E-state index in [1.165, 1.54) is 7.11 Å². The average molecular weight is 817 g/mol. The van der Waals surface area contributed by atoms with Crippen molar-refractivity contribution in [2.45, 2.75) is 102 Å². The van der Waals surface area contributed by atoms with Gasteiger partial charge in [-0.25, -0.2) is 19.6 Å². The van der Waals surface area contributed by atoms with Gasteiger partial charge in [0, 0.05) is 41.8 Å². The highest BCUT2D eigenvalue weighted by atomic mass is 16.5. The molecule has 15 heteroatoms. The summed E-state index contributed by atoms with van der Waals surface area (Å²) in [5, 5.41) is 16.6. The first-order chi connectivity index (χ1) is 28.9. The molecular formula is C45H52N8O7. The van der Waals surface area contributed by atoms with Crippen molar-refractivity contribution >= 4 is 56.8 Å². The van der Waals surface area contributed by atoms with E-state index in [0.717, 1.165) is 75.5 Å². The van der Waals surface area contributed by atoms with Crippen LogP contribution in [0.4, 0.5) is 9.59 Å². The van der Waals surface area contributed by atoms with Crippen LogP contribution < -0.4 is 10.6 Å². The van der Waals surface area contributed by atoms with Crippen molar-refractivity contribution in [3.05, 3.63) is 71.3 Å². The number of H-pyrrole nitrogens is 2. The van der Waals surface area contributed by atoms with E-state index in [1.807, 2.05) is 75.1 Å². The molecule has 1 unspecified atom stereocenters. The van der Waals surface area contributed by atoms with Gasteiger partial charge in [-0.05, 0) is 106 Å². The second-order valence-corrected chi connectivity index (χ2v) is 16.7. The minimum Gasteiger partial charge on any atom is -0.465 e. The Labute approximate surface area is 348 Å². The van der Waals surface area contributed by atoms with Crippen molar-refractivity contribution in [3.63, 3.8) is 0 Å². The fourth-order valence-corrected chi connectivity index (χ4v) is 9.30. The molecule has 6 atom stereocenters. The SMILES string of the molecule is COC(=O)NC(C(=O)N1[C@@H](C)CC[C@H]1c1nc2ccc3cc(C#Cc4ccc5[nH]c([C@@H]6CC[C@H](C)N6C(=O)[C@@H](NC(=O)O)C(C)C)nc5c4)ccc3c2[nH]1)C1CCOCC1. The highest BCUT2D eigenvalue weighted by Crippen LogP contribution is 2.39. The fourth-order valence-electron chi connectivity index (χ4n) is 9.30. The monoisotopic (exact) mass is 816 g/mol. The molecule has 3 saturated heterocycles. The number of nitrogens with zero attached hydrogens (tertiary/aromatic N) is 4. The average Bonchev–Trinajstić information content (AvgIpc) is 4.05. The molecule has 314 valence electrons. The van der Waals surface area contributed by atoms with Crippen LogP contribution in [0.2, 0.25) is 0 Å². The van der Waals surface area contributed by atoms with Gasteiger partial charge in [0.1, 0.15) is 23.7 Å². The maximum Gasteiger partial charge on any atom is 0.407 e. The zero-order valence-electron chi connectivity index (χ0n) is 34.6. The number of imidazole rings is 2. The number of ether oxygens (including phenoxy) is 2. The molecule has 3 fully saturated rings. The van der Waals surface area contributed by atoms with E-state index in [4.69, 9.17) is 19.4 Å². The number of amides is 4. The predicted octanol–water partition coefficient (Wildman–Crippen LogP) is 6.54. The zero-order valence-corrected chi connectivity index (χ0v) is 34.6. The predicted molar refractivity (Wildman–Crippen MR) is 225 cm³/mol. The lowest BCUT2D eigenvalue weighted by molar-refractivity contribution is -0.139. The molecule has 3 aliphatic heterocycles. The first-order valence-corrected chi connectivity index (χ1v) is 20.9. The number of carboxylic acid groups (broad SMARTS) is 1. The Morgan fingerprint density at radius 1 is 0.800 bits per heavy atom. The van der Waals surface area contributed by atoms with Crippen LogP contribution in [0.1, 0.15) is 101 Å². The van der Waals surface area contributed by atoms with Crippen LogP contribution >= 0.6 is 0 Å². The van der Waals surface area contributed by atoms with Crippen molar-refractivity contribution < 1.29 is 33.8 Å². The van der Waals surface area contributed by atoms with Gasteiger partial charge < -0.3 is 45.0 Å². The van der Waals surface area contributed by atoms with Gasteiger partial charge in [0.2, 0.25) is 11.8 Å². The van der Waals surface area contributed by atoms with Crippen molar-refractivity contribution in [2.75, 3.05) is 20.3 Å². The third-order valence-electron chi connectivity index (χ3n) is 12.5. The Morgan fingerprint density at radius 3 is 2.10 bits per heavy atom. The van der Waals surface area contributed by atoms with Crippen molar-refractivity contribution in [1.82, 2.24) is 40.4 Å². The minimum atomic E-state index is -1.22. The molecule has 5 heterocycles. The zero-order chi connectivity index (χ0) is 42.2. The van der Waals surface area contributed by atoms with E-state index < -0.39 is 24.3 Å². The van der Waals surface area contributed by atoms with Crippen LogP contribution in [0.25, 0.3) is 32.8 Å². The largest absolute Gasteiger partial charge is 0.465 e. The molecule has 0 spiro atoms. The van der Waals surface area contributed by atoms with Gasteiger partial charge in [-0.1, -0.05) is 37.8 Å². The Kier molecular flexibility index (Phi) is 11.4. The summed E-state index contributed by atoms with van der Waals surface area (Å²) < 4.78 is 10.5. The lowest BCUT2D eigenvalue weighted by Gasteiger charge is -2.36. The Hall–Kier alpha value is -6.14. The number of rotatable bonds is 8. The first kappa shape index (κ1) is 40.6. The van der Waals surface area contributed by atoms with E-state index in [1.54, 1.807) is 4.90 Å². The summed E-state index contributed by atoms with van der Waals surface area (Å²) in [6.07, 6.45) is 2.58. The number of aromatic amines is 2. The van der Waals surface area contributed by atoms with E-state index in [2.05, 4.69) is 38.5 Å². The van der Waals surface area contributed by atoms with Crippen LogP contribution in [0.3, 0.4) is 0 Å². The molecule has 0 bridgehead atoms. The van der Waals surface area contributed by atoms with E-state index in [-0.39, 0.29) is 47.8 Å². The van der Waals surface area contributed by atoms with Gasteiger partial charge in [-0.3, -0.25) is 9.59 Å². The summed E-state index contributed by atoms with van der Waals surface area (Å²) in [7, 11) is 1.31. The Bertz CT molecular complexity index is 2510. The number of alkyl carbamates (subject to hydrolysis) is 1. The van der Waals surface area contributed by atoms with Crippen LogP contribution in [-0.2, 0) is 19.1 Å². The highest BCUT2D eigenvalue weighted by Gasteiger charge is 2.44. The topological polar surface area (TPSA) is 195 Å². The van der Waals surface area contributed by atoms with E-state index in [9.17, 15) is 24.3 Å². The van der Waals surface area contributed by atoms with Crippen molar-refractivity contribution in [1.29, 1.82) is 0 Å². The van der Waals surface area contributed by atoms with Gasteiger partial charge >= 0.3 is 12.2 Å². The van der Waals surface area contributed by atoms with Gasteiger partial charge in [0.05, 0.1) is 41.3 Å². The Balaban J connectivity index is 1.01. The molecule has 4 amide bonds. The number of fused-ring (bicyclic) bond motifs is 4. The van der Waals surface area contributed by atoms with Gasteiger partial charge in [0.25, 0.3) is 0 Å². The fraction of sp³-hybridized carbons (Fsp3) is 0.467. The maximum absolute atomic E-state index is 14.3. The molecule has 8 rings (SSSR count). The summed E-state index contributed by atoms with van der Waals surface area (Å²) in [5.41, 5.74) is 4.89. The third-order valence-corrected chi connectivity index (χ3v) is 12.5. The van der Waals surface area contributed by atoms with Crippen molar-refractivity contribution in [2.24, 2.45) is 11.8 Å². The molecule has 0 saturated carbocycles. The molecule has 15 nitrogen and oxygen atoms in total. The summed E-state index contributed by atoms with van der Waals surface area (Å²) in [6.45, 7) is 8.79. The molecule has 2 aromatic heterocycles. The number of carbonyl (C=O) groups is 4. The molecular weight excluding hydrogens is 765 g/mol. The van der Waals surface area contributed by atoms with Gasteiger partial charge in [-0.2, -0.15) is 0 Å². The molecule has 0 radical (unpaired) electrons. The third kappa shape index (κ3) is 7.95. The number of nitrogens with one attached hydrogen (secondary N) is 4. The normalized spacial score (nSPS) is 21.9. The number of aromatic nitrogens is 4. The summed E-state index contributed by atoms with van der Waals surface area (Å²) in [4.78, 5) is 72.3. The number of carbonyl (C=O) groups excluding carboxylic acids is 3. The molecule has 5 aromatic rings. The summed E-state index contributed by atoms with van der Waals surface area (Å²) in [6, 6.07) is 13.7. The van der Waals surface area contributed by atoms with E-state index >= 15 is 0 Å². The lowest BCUT2D eigenvalue weighted by Crippen LogP contribution is -2.54. The standard InChI is InChI=1S/C45H52N8O7/c1-24(2)37(50-44(56)57)42(54)52-25(3)6-16-35(52)40-46-32-14-11-28(23-34(32)48-40)9-8-27-10-13-31-30(22-27)12-15-33-39(31)49-41(47-33)36-17-7-26(4)53(36)43(55)38(51-45(58)59-5)29-18-20-60-21-19-29/h10-15,22-26,29,35-38,50H,6-7,16-21H2,1-5H3,(H,46,48)(H,47,49)(H,51,58)(H,56,57)/t25-,26-,35-,36-,37-,38?/m0/s1. The van der Waals surface area contributed by atoms with E-state index in [0.29, 0.717) is 31.9 Å². The number of hydrogen-bond donors (Lipinski definition) is 5. The van der Waals surface area contributed by atoms with Crippen LogP contribution in [0.15, 0.2) is 48.5 Å². The number of methoxy groups -OCH3 is 1.